The van der Waals surface area contributed by atoms with E-state index in [0.29, 0.717) is 18.8 Å². The van der Waals surface area contributed by atoms with Crippen LogP contribution in [0.15, 0.2) is 4.99 Å². The highest BCUT2D eigenvalue weighted by Gasteiger charge is 1.93. The van der Waals surface area contributed by atoms with Crippen LogP contribution in [0.5, 0.6) is 0 Å². The number of amides is 1. The van der Waals surface area contributed by atoms with Gasteiger partial charge < -0.3 is 11.1 Å². The van der Waals surface area contributed by atoms with Gasteiger partial charge in [-0.3, -0.25) is 9.79 Å². The number of thioether (sulfide) groups is 1. The first-order valence-electron chi connectivity index (χ1n) is 4.19. The number of hydrogen-bond acceptors (Lipinski definition) is 3. The molecular weight excluding hydrogens is 186 g/mol. The second-order valence-electron chi connectivity index (χ2n) is 2.60. The van der Waals surface area contributed by atoms with Gasteiger partial charge in [-0.05, 0) is 6.26 Å². The quantitative estimate of drug-likeness (QED) is 0.369. The molecule has 4 nitrogen and oxygen atoms in total. The Kier molecular flexibility index (Phi) is 7.48. The third-order valence-corrected chi connectivity index (χ3v) is 1.96. The molecule has 0 aromatic carbocycles. The molecule has 0 spiro atoms. The molecule has 0 heterocycles. The third kappa shape index (κ3) is 9.20. The summed E-state index contributed by atoms with van der Waals surface area (Å²) < 4.78 is 0. The van der Waals surface area contributed by atoms with E-state index in [4.69, 9.17) is 5.73 Å². The predicted molar refractivity (Wildman–Crippen MR) is 58.2 cm³/mol. The monoisotopic (exact) mass is 203 g/mol. The lowest BCUT2D eigenvalue weighted by Crippen LogP contribution is -2.26. The molecule has 0 atom stereocenters. The molecule has 0 aromatic rings. The Balaban J connectivity index is 3.43. The first-order chi connectivity index (χ1) is 6.16. The number of nitrogens with two attached hydrogens (primary N) is 1. The zero-order valence-electron chi connectivity index (χ0n) is 8.17. The van der Waals surface area contributed by atoms with Gasteiger partial charge in [0.15, 0.2) is 0 Å². The van der Waals surface area contributed by atoms with E-state index in [1.165, 1.54) is 6.92 Å². The number of hydrogen-bond donors (Lipinski definition) is 2. The van der Waals surface area contributed by atoms with Crippen molar-refractivity contribution in [3.05, 3.63) is 0 Å². The van der Waals surface area contributed by atoms with Crippen LogP contribution < -0.4 is 11.1 Å². The molecule has 0 unspecified atom stereocenters. The minimum absolute atomic E-state index is 0.0306. The van der Waals surface area contributed by atoms with Crippen LogP contribution in [0.3, 0.4) is 0 Å². The van der Waals surface area contributed by atoms with Crippen molar-refractivity contribution in [3.8, 4) is 0 Å². The lowest BCUT2D eigenvalue weighted by Gasteiger charge is -2.01. The van der Waals surface area contributed by atoms with Gasteiger partial charge in [-0.15, -0.1) is 0 Å². The number of rotatable bonds is 6. The van der Waals surface area contributed by atoms with Gasteiger partial charge in [0.1, 0.15) is 0 Å². The largest absolute Gasteiger partial charge is 0.387 e. The van der Waals surface area contributed by atoms with Crippen molar-refractivity contribution < 1.29 is 4.79 Å². The first kappa shape index (κ1) is 12.3. The van der Waals surface area contributed by atoms with Crippen LogP contribution in [-0.4, -0.2) is 36.8 Å². The molecular formula is C8H17N3OS. The van der Waals surface area contributed by atoms with E-state index < -0.39 is 0 Å². The van der Waals surface area contributed by atoms with Crippen LogP contribution in [0.25, 0.3) is 0 Å². The Hall–Kier alpha value is -0.710. The van der Waals surface area contributed by atoms with Gasteiger partial charge in [0.2, 0.25) is 5.91 Å². The Morgan fingerprint density at radius 3 is 2.85 bits per heavy atom. The maximum absolute atomic E-state index is 10.5. The predicted octanol–water partition coefficient (Wildman–Crippen LogP) is 0.233. The molecule has 0 aromatic heterocycles. The third-order valence-electron chi connectivity index (χ3n) is 1.37. The molecule has 1 amide bonds. The minimum Gasteiger partial charge on any atom is -0.387 e. The van der Waals surface area contributed by atoms with Crippen molar-refractivity contribution in [3.63, 3.8) is 0 Å². The molecule has 0 aliphatic heterocycles. The van der Waals surface area contributed by atoms with Gasteiger partial charge in [-0.25, -0.2) is 0 Å². The number of nitrogens with one attached hydrogen (secondary N) is 1. The normalized spacial score (nSPS) is 11.4. The van der Waals surface area contributed by atoms with Gasteiger partial charge in [0.05, 0.1) is 5.84 Å². The van der Waals surface area contributed by atoms with Crippen LogP contribution in [-0.2, 0) is 4.79 Å². The molecule has 0 saturated carbocycles. The van der Waals surface area contributed by atoms with Crippen molar-refractivity contribution in [2.24, 2.45) is 10.7 Å². The highest BCUT2D eigenvalue weighted by molar-refractivity contribution is 7.98. The molecule has 0 aliphatic carbocycles. The maximum atomic E-state index is 10.5. The Morgan fingerprint density at radius 1 is 1.62 bits per heavy atom. The summed E-state index contributed by atoms with van der Waals surface area (Å²) in [5.74, 6) is 1.57. The van der Waals surface area contributed by atoms with E-state index in [1.54, 1.807) is 11.8 Å². The highest BCUT2D eigenvalue weighted by atomic mass is 32.2. The Morgan fingerprint density at radius 2 is 2.31 bits per heavy atom. The number of nitrogens with zero attached hydrogens (tertiary/aromatic N) is 1. The van der Waals surface area contributed by atoms with E-state index in [9.17, 15) is 4.79 Å². The van der Waals surface area contributed by atoms with Gasteiger partial charge in [-0.1, -0.05) is 0 Å². The fraction of sp³-hybridized carbons (Fsp3) is 0.750. The molecule has 0 rings (SSSR count). The summed E-state index contributed by atoms with van der Waals surface area (Å²) in [6.45, 7) is 2.82. The van der Waals surface area contributed by atoms with E-state index >= 15 is 0 Å². The Labute approximate surface area is 83.4 Å². The molecule has 0 aliphatic rings. The molecule has 13 heavy (non-hydrogen) atoms. The lowest BCUT2D eigenvalue weighted by atomic mass is 10.4. The van der Waals surface area contributed by atoms with Crippen LogP contribution >= 0.6 is 11.8 Å². The zero-order valence-corrected chi connectivity index (χ0v) is 8.99. The van der Waals surface area contributed by atoms with Gasteiger partial charge >= 0.3 is 0 Å². The first-order valence-corrected chi connectivity index (χ1v) is 5.58. The minimum atomic E-state index is -0.0306. The molecule has 76 valence electrons. The van der Waals surface area contributed by atoms with E-state index in [-0.39, 0.29) is 5.91 Å². The second-order valence-corrected chi connectivity index (χ2v) is 3.58. The smallest absolute Gasteiger partial charge is 0.216 e. The summed E-state index contributed by atoms with van der Waals surface area (Å²) in [6.07, 6.45) is 2.66. The molecule has 5 heteroatoms. The van der Waals surface area contributed by atoms with Crippen molar-refractivity contribution >= 4 is 23.5 Å². The fourth-order valence-corrected chi connectivity index (χ4v) is 1.00. The number of carbonyl (C=O) groups is 1. The topological polar surface area (TPSA) is 67.5 Å². The van der Waals surface area contributed by atoms with Crippen molar-refractivity contribution in [1.82, 2.24) is 5.32 Å². The van der Waals surface area contributed by atoms with Gasteiger partial charge in [-0.2, -0.15) is 11.8 Å². The van der Waals surface area contributed by atoms with Crippen molar-refractivity contribution in [1.29, 1.82) is 0 Å². The van der Waals surface area contributed by atoms with E-state index in [2.05, 4.69) is 10.3 Å². The molecule has 0 radical (unpaired) electrons. The number of aliphatic imine (C=N–C) groups is 1. The zero-order chi connectivity index (χ0) is 10.1. The maximum Gasteiger partial charge on any atom is 0.216 e. The average Bonchev–Trinajstić information content (AvgIpc) is 2.04. The van der Waals surface area contributed by atoms with Crippen LogP contribution in [0.4, 0.5) is 0 Å². The summed E-state index contributed by atoms with van der Waals surface area (Å²) in [5.41, 5.74) is 5.59. The summed E-state index contributed by atoms with van der Waals surface area (Å²) in [5, 5.41) is 2.66. The number of amidine groups is 1. The molecule has 3 N–H and O–H groups in total. The van der Waals surface area contributed by atoms with Crippen molar-refractivity contribution in [2.75, 3.05) is 25.1 Å². The second kappa shape index (κ2) is 7.91. The standard InChI is InChI=1S/C8H17N3OS/c1-7(12)10-4-3-8(9)11-5-6-13-2/h3-6H2,1-2H3,(H2,9,11)(H,10,12). The summed E-state index contributed by atoms with van der Waals surface area (Å²) in [7, 11) is 0. The lowest BCUT2D eigenvalue weighted by molar-refractivity contribution is -0.118. The molecule has 0 fully saturated rings. The summed E-state index contributed by atoms with van der Waals surface area (Å²) in [6, 6.07) is 0. The van der Waals surface area contributed by atoms with E-state index in [1.807, 2.05) is 6.26 Å². The van der Waals surface area contributed by atoms with Crippen LogP contribution in [0.2, 0.25) is 0 Å². The highest BCUT2D eigenvalue weighted by Crippen LogP contribution is 1.90. The summed E-state index contributed by atoms with van der Waals surface area (Å²) in [4.78, 5) is 14.6. The average molecular weight is 203 g/mol. The van der Waals surface area contributed by atoms with Crippen LogP contribution in [0, 0.1) is 0 Å². The van der Waals surface area contributed by atoms with E-state index in [0.717, 1.165) is 12.3 Å². The molecule has 0 bridgehead atoms. The van der Waals surface area contributed by atoms with Crippen molar-refractivity contribution in [2.45, 2.75) is 13.3 Å². The van der Waals surface area contributed by atoms with Crippen LogP contribution in [0.1, 0.15) is 13.3 Å². The SMILES string of the molecule is CSCCN=C(N)CCNC(C)=O. The van der Waals surface area contributed by atoms with Gasteiger partial charge in [0, 0.05) is 32.2 Å². The fourth-order valence-electron chi connectivity index (χ4n) is 0.726. The Bertz CT molecular complexity index is 182. The number of carbonyl (C=O) groups excluding carboxylic acids is 1. The van der Waals surface area contributed by atoms with Gasteiger partial charge in [0.25, 0.3) is 0 Å². The summed E-state index contributed by atoms with van der Waals surface area (Å²) >= 11 is 1.74. The molecule has 0 saturated heterocycles.